The molecule has 1 aromatic heterocycles. The van der Waals surface area contributed by atoms with Gasteiger partial charge in [0.05, 0.1) is 23.5 Å². The molecule has 1 aliphatic heterocycles. The minimum absolute atomic E-state index is 0.0387. The molecule has 0 saturated heterocycles. The van der Waals surface area contributed by atoms with Crippen molar-refractivity contribution < 1.29 is 14.3 Å². The summed E-state index contributed by atoms with van der Waals surface area (Å²) in [5, 5.41) is 3.14. The van der Waals surface area contributed by atoms with E-state index in [1.165, 1.54) is 0 Å². The molecule has 0 aliphatic carbocycles. The van der Waals surface area contributed by atoms with Crippen LogP contribution in [0.25, 0.3) is 11.0 Å². The van der Waals surface area contributed by atoms with Crippen LogP contribution in [0.1, 0.15) is 23.9 Å². The largest absolute Gasteiger partial charge is 0.486 e. The number of H-pyrrole nitrogens is 1. The first kappa shape index (κ1) is 18.7. The van der Waals surface area contributed by atoms with Crippen molar-refractivity contribution in [1.29, 1.82) is 0 Å². The molecule has 4 rings (SSSR count). The van der Waals surface area contributed by atoms with E-state index in [1.807, 2.05) is 42.5 Å². The highest BCUT2D eigenvalue weighted by atomic mass is 32.2. The zero-order valence-corrected chi connectivity index (χ0v) is 16.6. The normalized spacial score (nSPS) is 14.0. The first-order valence-corrected chi connectivity index (χ1v) is 10.7. The Hall–Kier alpha value is -2.67. The van der Waals surface area contributed by atoms with Crippen molar-refractivity contribution in [2.75, 3.05) is 25.2 Å². The fraction of sp³-hybridized carbons (Fsp3) is 0.333. The zero-order chi connectivity index (χ0) is 19.3. The van der Waals surface area contributed by atoms with Crippen LogP contribution in [0.15, 0.2) is 42.5 Å². The lowest BCUT2D eigenvalue weighted by Gasteiger charge is -2.19. The van der Waals surface area contributed by atoms with Gasteiger partial charge < -0.3 is 19.8 Å². The number of nitrogens with one attached hydrogen (secondary N) is 2. The molecule has 7 heteroatoms. The number of nitrogens with zero attached hydrogens (tertiary/aromatic N) is 1. The molecule has 0 bridgehead atoms. The van der Waals surface area contributed by atoms with Gasteiger partial charge in [0.1, 0.15) is 19.0 Å². The molecule has 2 heterocycles. The van der Waals surface area contributed by atoms with Crippen LogP contribution in [0.4, 0.5) is 0 Å². The number of rotatable bonds is 7. The second-order valence-corrected chi connectivity index (χ2v) is 7.68. The molecule has 0 radical (unpaired) electrons. The Kier molecular flexibility index (Phi) is 5.71. The smallest absolute Gasteiger partial charge is 0.225 e. The van der Waals surface area contributed by atoms with E-state index < -0.39 is 0 Å². The van der Waals surface area contributed by atoms with Gasteiger partial charge in [-0.3, -0.25) is 4.79 Å². The van der Waals surface area contributed by atoms with Crippen LogP contribution in [0, 0.1) is 0 Å². The van der Waals surface area contributed by atoms with Crippen molar-refractivity contribution in [3.63, 3.8) is 0 Å². The van der Waals surface area contributed by atoms with E-state index in [0.29, 0.717) is 19.0 Å². The number of imidazole rings is 1. The average molecular weight is 398 g/mol. The predicted molar refractivity (Wildman–Crippen MR) is 111 cm³/mol. The highest BCUT2D eigenvalue weighted by Crippen LogP contribution is 2.31. The maximum absolute atomic E-state index is 12.7. The highest BCUT2D eigenvalue weighted by molar-refractivity contribution is 7.98. The van der Waals surface area contributed by atoms with Crippen LogP contribution in [0.2, 0.25) is 0 Å². The van der Waals surface area contributed by atoms with Crippen LogP contribution in [-0.4, -0.2) is 41.1 Å². The average Bonchev–Trinajstić information content (AvgIpc) is 3.15. The van der Waals surface area contributed by atoms with Crippen LogP contribution in [0.3, 0.4) is 0 Å². The van der Waals surface area contributed by atoms with Crippen LogP contribution in [0.5, 0.6) is 11.5 Å². The maximum atomic E-state index is 12.7. The number of amides is 1. The minimum Gasteiger partial charge on any atom is -0.486 e. The molecule has 0 spiro atoms. The molecular formula is C21H23N3O3S. The Bertz CT molecular complexity index is 939. The molecule has 2 N–H and O–H groups in total. The number of aromatic amines is 1. The van der Waals surface area contributed by atoms with Gasteiger partial charge in [0.15, 0.2) is 11.5 Å². The second-order valence-electron chi connectivity index (χ2n) is 6.70. The van der Waals surface area contributed by atoms with Crippen molar-refractivity contribution >= 4 is 28.7 Å². The van der Waals surface area contributed by atoms with Gasteiger partial charge in [0, 0.05) is 0 Å². The van der Waals surface area contributed by atoms with Gasteiger partial charge in [0.25, 0.3) is 0 Å². The summed E-state index contributed by atoms with van der Waals surface area (Å²) in [6.45, 7) is 1.09. The van der Waals surface area contributed by atoms with Gasteiger partial charge in [-0.05, 0) is 48.3 Å². The van der Waals surface area contributed by atoms with E-state index in [9.17, 15) is 4.79 Å². The Morgan fingerprint density at radius 1 is 1.21 bits per heavy atom. The van der Waals surface area contributed by atoms with Gasteiger partial charge in [-0.25, -0.2) is 4.98 Å². The number of aromatic nitrogens is 2. The summed E-state index contributed by atoms with van der Waals surface area (Å²) in [6, 6.07) is 13.4. The van der Waals surface area contributed by atoms with Crippen molar-refractivity contribution in [2.24, 2.45) is 0 Å². The molecule has 146 valence electrons. The van der Waals surface area contributed by atoms with Gasteiger partial charge >= 0.3 is 0 Å². The Morgan fingerprint density at radius 2 is 2.04 bits per heavy atom. The molecule has 0 fully saturated rings. The molecule has 2 aromatic carbocycles. The predicted octanol–water partition coefficient (Wildman–Crippen LogP) is 3.49. The quantitative estimate of drug-likeness (QED) is 0.638. The Balaban J connectivity index is 1.47. The summed E-state index contributed by atoms with van der Waals surface area (Å²) >= 11 is 1.75. The number of carbonyl (C=O) groups is 1. The molecular weight excluding hydrogens is 374 g/mol. The highest BCUT2D eigenvalue weighted by Gasteiger charge is 2.19. The summed E-state index contributed by atoms with van der Waals surface area (Å²) in [5.74, 6) is 3.13. The summed E-state index contributed by atoms with van der Waals surface area (Å²) in [4.78, 5) is 20.7. The second kappa shape index (κ2) is 8.56. The van der Waals surface area contributed by atoms with Crippen LogP contribution >= 0.6 is 11.8 Å². The topological polar surface area (TPSA) is 76.2 Å². The SMILES string of the molecule is CSCC[C@H](NC(=O)Cc1ccc2c(c1)OCCO2)c1nc2ccccc2[nH]1. The van der Waals surface area contributed by atoms with Crippen LogP contribution < -0.4 is 14.8 Å². The number of hydrogen-bond donors (Lipinski definition) is 2. The summed E-state index contributed by atoms with van der Waals surface area (Å²) in [6.07, 6.45) is 3.16. The maximum Gasteiger partial charge on any atom is 0.225 e. The third-order valence-electron chi connectivity index (χ3n) is 4.65. The van der Waals surface area contributed by atoms with Crippen molar-refractivity contribution in [3.8, 4) is 11.5 Å². The lowest BCUT2D eigenvalue weighted by molar-refractivity contribution is -0.121. The molecule has 6 nitrogen and oxygen atoms in total. The molecule has 1 amide bonds. The number of benzene rings is 2. The number of thioether (sulfide) groups is 1. The molecule has 1 aliphatic rings. The first-order valence-electron chi connectivity index (χ1n) is 9.34. The van der Waals surface area contributed by atoms with Gasteiger partial charge in [-0.15, -0.1) is 0 Å². The number of para-hydroxylation sites is 2. The fourth-order valence-corrected chi connectivity index (χ4v) is 3.75. The van der Waals surface area contributed by atoms with E-state index in [0.717, 1.165) is 40.3 Å². The van der Waals surface area contributed by atoms with Crippen molar-refractivity contribution in [1.82, 2.24) is 15.3 Å². The molecule has 1 atom stereocenters. The minimum atomic E-state index is -0.149. The number of ether oxygens (including phenoxy) is 2. The lowest BCUT2D eigenvalue weighted by Crippen LogP contribution is -2.31. The number of carbonyl (C=O) groups excluding carboxylic acids is 1. The first-order chi connectivity index (χ1) is 13.7. The van der Waals surface area contributed by atoms with E-state index >= 15 is 0 Å². The third-order valence-corrected chi connectivity index (χ3v) is 5.30. The van der Waals surface area contributed by atoms with Crippen molar-refractivity contribution in [2.45, 2.75) is 18.9 Å². The molecule has 0 unspecified atom stereocenters. The Labute approximate surface area is 168 Å². The van der Waals surface area contributed by atoms with Crippen LogP contribution in [-0.2, 0) is 11.2 Å². The van der Waals surface area contributed by atoms with E-state index in [2.05, 4.69) is 21.5 Å². The van der Waals surface area contributed by atoms with Gasteiger partial charge in [0.2, 0.25) is 5.91 Å². The van der Waals surface area contributed by atoms with Gasteiger partial charge in [-0.2, -0.15) is 11.8 Å². The summed E-state index contributed by atoms with van der Waals surface area (Å²) in [5.41, 5.74) is 2.79. The Morgan fingerprint density at radius 3 is 2.86 bits per heavy atom. The summed E-state index contributed by atoms with van der Waals surface area (Å²) in [7, 11) is 0. The van der Waals surface area contributed by atoms with Gasteiger partial charge in [-0.1, -0.05) is 18.2 Å². The lowest BCUT2D eigenvalue weighted by atomic mass is 10.1. The van der Waals surface area contributed by atoms with E-state index in [-0.39, 0.29) is 18.4 Å². The number of hydrogen-bond acceptors (Lipinski definition) is 5. The van der Waals surface area contributed by atoms with Crippen molar-refractivity contribution in [3.05, 3.63) is 53.9 Å². The standard InChI is InChI=1S/C21H23N3O3S/c1-28-11-8-17(21-23-15-4-2-3-5-16(15)24-21)22-20(25)13-14-6-7-18-19(12-14)27-10-9-26-18/h2-7,12,17H,8-11,13H2,1H3,(H,22,25)(H,23,24)/t17-/m0/s1. The fourth-order valence-electron chi connectivity index (χ4n) is 3.28. The van der Waals surface area contributed by atoms with E-state index in [1.54, 1.807) is 11.8 Å². The monoisotopic (exact) mass is 397 g/mol. The van der Waals surface area contributed by atoms with E-state index in [4.69, 9.17) is 9.47 Å². The molecule has 3 aromatic rings. The number of fused-ring (bicyclic) bond motifs is 2. The molecule has 28 heavy (non-hydrogen) atoms. The zero-order valence-electron chi connectivity index (χ0n) is 15.7. The molecule has 0 saturated carbocycles. The summed E-state index contributed by atoms with van der Waals surface area (Å²) < 4.78 is 11.1. The third kappa shape index (κ3) is 4.25.